The fraction of sp³-hybridized carbons (Fsp3) is 0.421. The second-order valence-electron chi connectivity index (χ2n) is 6.61. The molecule has 1 aromatic carbocycles. The lowest BCUT2D eigenvalue weighted by molar-refractivity contribution is -0.132. The van der Waals surface area contributed by atoms with Crippen molar-refractivity contribution in [3.63, 3.8) is 0 Å². The molecule has 4 nitrogen and oxygen atoms in total. The molecule has 5 heteroatoms. The molecule has 0 bridgehead atoms. The highest BCUT2D eigenvalue weighted by Gasteiger charge is 2.23. The van der Waals surface area contributed by atoms with Crippen LogP contribution in [0.1, 0.15) is 20.3 Å². The summed E-state index contributed by atoms with van der Waals surface area (Å²) in [5, 5.41) is 0.714. The summed E-state index contributed by atoms with van der Waals surface area (Å²) in [5.41, 5.74) is 1.99. The molecule has 0 unspecified atom stereocenters. The van der Waals surface area contributed by atoms with Crippen LogP contribution in [0.4, 0.5) is 5.69 Å². The summed E-state index contributed by atoms with van der Waals surface area (Å²) >= 11 is 6.48. The van der Waals surface area contributed by atoms with Crippen LogP contribution in [0, 0.1) is 5.92 Å². The van der Waals surface area contributed by atoms with E-state index in [1.165, 1.54) is 0 Å². The Morgan fingerprint density at radius 1 is 1.21 bits per heavy atom. The molecule has 0 saturated carbocycles. The highest BCUT2D eigenvalue weighted by Crippen LogP contribution is 2.32. The second-order valence-corrected chi connectivity index (χ2v) is 7.02. The molecular weight excluding hydrogens is 324 g/mol. The van der Waals surface area contributed by atoms with E-state index in [0.717, 1.165) is 43.2 Å². The number of carbonyl (C=O) groups is 1. The van der Waals surface area contributed by atoms with Crippen molar-refractivity contribution in [1.29, 1.82) is 0 Å². The Bertz CT molecular complexity index is 689. The Morgan fingerprint density at radius 3 is 2.54 bits per heavy atom. The van der Waals surface area contributed by atoms with E-state index in [-0.39, 0.29) is 5.91 Å². The molecule has 0 radical (unpaired) electrons. The van der Waals surface area contributed by atoms with Gasteiger partial charge in [0.25, 0.3) is 0 Å². The van der Waals surface area contributed by atoms with Crippen molar-refractivity contribution in [2.45, 2.75) is 20.3 Å². The molecule has 1 aliphatic rings. The molecule has 2 aromatic rings. The van der Waals surface area contributed by atoms with Gasteiger partial charge in [0.05, 0.1) is 17.0 Å². The molecule has 3 rings (SSSR count). The average Bonchev–Trinajstić information content (AvgIpc) is 3.09. The Labute approximate surface area is 148 Å². The predicted octanol–water partition coefficient (Wildman–Crippen LogP) is 4.29. The third kappa shape index (κ3) is 3.75. The van der Waals surface area contributed by atoms with Crippen molar-refractivity contribution in [2.75, 3.05) is 31.1 Å². The minimum Gasteiger partial charge on any atom is -0.464 e. The molecule has 0 aliphatic carbocycles. The molecule has 0 spiro atoms. The molecule has 128 valence electrons. The summed E-state index contributed by atoms with van der Waals surface area (Å²) in [4.78, 5) is 16.4. The maximum Gasteiger partial charge on any atom is 0.222 e. The van der Waals surface area contributed by atoms with Gasteiger partial charge in [0.1, 0.15) is 5.76 Å². The standard InChI is InChI=1S/C19H23ClN2O2/c1-14(2)12-19(23)22-9-7-21(8-10-22)17-6-5-15(13-16(17)20)18-4-3-11-24-18/h3-6,11,13-14H,7-10,12H2,1-2H3. The monoisotopic (exact) mass is 346 g/mol. The summed E-state index contributed by atoms with van der Waals surface area (Å²) in [5.74, 6) is 1.47. The van der Waals surface area contributed by atoms with Gasteiger partial charge >= 0.3 is 0 Å². The lowest BCUT2D eigenvalue weighted by Crippen LogP contribution is -2.49. The molecule has 24 heavy (non-hydrogen) atoms. The predicted molar refractivity (Wildman–Crippen MR) is 97.4 cm³/mol. The van der Waals surface area contributed by atoms with Gasteiger partial charge in [-0.1, -0.05) is 25.4 Å². The van der Waals surface area contributed by atoms with Gasteiger partial charge < -0.3 is 14.2 Å². The van der Waals surface area contributed by atoms with Crippen molar-refractivity contribution in [3.05, 3.63) is 41.6 Å². The molecular formula is C19H23ClN2O2. The van der Waals surface area contributed by atoms with Gasteiger partial charge in [0.15, 0.2) is 0 Å². The van der Waals surface area contributed by atoms with Crippen molar-refractivity contribution >= 4 is 23.2 Å². The van der Waals surface area contributed by atoms with Crippen LogP contribution < -0.4 is 4.90 Å². The van der Waals surface area contributed by atoms with E-state index in [2.05, 4.69) is 18.7 Å². The van der Waals surface area contributed by atoms with Crippen LogP contribution in [-0.2, 0) is 4.79 Å². The van der Waals surface area contributed by atoms with Gasteiger partial charge in [0, 0.05) is 38.2 Å². The topological polar surface area (TPSA) is 36.7 Å². The van der Waals surface area contributed by atoms with Crippen LogP contribution in [0.3, 0.4) is 0 Å². The molecule has 0 atom stereocenters. The van der Waals surface area contributed by atoms with Crippen LogP contribution in [0.25, 0.3) is 11.3 Å². The molecule has 1 amide bonds. The quantitative estimate of drug-likeness (QED) is 0.828. The number of anilines is 1. The third-order valence-corrected chi connectivity index (χ3v) is 4.61. The third-order valence-electron chi connectivity index (χ3n) is 4.31. The Balaban J connectivity index is 1.65. The van der Waals surface area contributed by atoms with E-state index in [9.17, 15) is 4.79 Å². The normalized spacial score (nSPS) is 15.2. The number of nitrogens with zero attached hydrogens (tertiary/aromatic N) is 2. The lowest BCUT2D eigenvalue weighted by atomic mass is 10.1. The molecule has 0 N–H and O–H groups in total. The van der Waals surface area contributed by atoms with Gasteiger partial charge in [-0.15, -0.1) is 0 Å². The number of hydrogen-bond donors (Lipinski definition) is 0. The van der Waals surface area contributed by atoms with Crippen molar-refractivity contribution in [3.8, 4) is 11.3 Å². The van der Waals surface area contributed by atoms with Crippen LogP contribution in [0.5, 0.6) is 0 Å². The number of benzene rings is 1. The first-order valence-corrected chi connectivity index (χ1v) is 8.78. The number of halogens is 1. The molecule has 1 fully saturated rings. The first-order chi connectivity index (χ1) is 11.5. The molecule has 1 aromatic heterocycles. The zero-order valence-electron chi connectivity index (χ0n) is 14.2. The van der Waals surface area contributed by atoms with Gasteiger partial charge in [-0.3, -0.25) is 4.79 Å². The first kappa shape index (κ1) is 16.9. The van der Waals surface area contributed by atoms with Crippen molar-refractivity contribution in [2.24, 2.45) is 5.92 Å². The number of amides is 1. The van der Waals surface area contributed by atoms with Crippen LogP contribution >= 0.6 is 11.6 Å². The fourth-order valence-electron chi connectivity index (χ4n) is 3.03. The van der Waals surface area contributed by atoms with Crippen LogP contribution in [-0.4, -0.2) is 37.0 Å². The average molecular weight is 347 g/mol. The highest BCUT2D eigenvalue weighted by molar-refractivity contribution is 6.33. The maximum absolute atomic E-state index is 12.2. The van der Waals surface area contributed by atoms with Crippen LogP contribution in [0.15, 0.2) is 41.0 Å². The highest BCUT2D eigenvalue weighted by atomic mass is 35.5. The summed E-state index contributed by atoms with van der Waals surface area (Å²) in [6, 6.07) is 9.78. The van der Waals surface area contributed by atoms with Crippen LogP contribution in [0.2, 0.25) is 5.02 Å². The lowest BCUT2D eigenvalue weighted by Gasteiger charge is -2.36. The minimum atomic E-state index is 0.254. The van der Waals surface area contributed by atoms with Gasteiger partial charge in [-0.2, -0.15) is 0 Å². The Kier molecular flexibility index (Phi) is 5.14. The first-order valence-electron chi connectivity index (χ1n) is 8.40. The summed E-state index contributed by atoms with van der Waals surface area (Å²) < 4.78 is 5.42. The maximum atomic E-state index is 12.2. The van der Waals surface area contributed by atoms with Crippen molar-refractivity contribution < 1.29 is 9.21 Å². The number of furan rings is 1. The fourth-order valence-corrected chi connectivity index (χ4v) is 3.33. The number of piperazine rings is 1. The van der Waals surface area contributed by atoms with E-state index in [4.69, 9.17) is 16.0 Å². The largest absolute Gasteiger partial charge is 0.464 e. The Morgan fingerprint density at radius 2 is 1.96 bits per heavy atom. The van der Waals surface area contributed by atoms with Gasteiger partial charge in [0.2, 0.25) is 5.91 Å². The number of rotatable bonds is 4. The number of carbonyl (C=O) groups excluding carboxylic acids is 1. The van der Waals surface area contributed by atoms with E-state index in [1.807, 2.05) is 35.2 Å². The molecule has 1 aliphatic heterocycles. The smallest absolute Gasteiger partial charge is 0.222 e. The number of hydrogen-bond acceptors (Lipinski definition) is 3. The molecule has 1 saturated heterocycles. The van der Waals surface area contributed by atoms with E-state index in [0.29, 0.717) is 17.4 Å². The second kappa shape index (κ2) is 7.31. The summed E-state index contributed by atoms with van der Waals surface area (Å²) in [7, 11) is 0. The summed E-state index contributed by atoms with van der Waals surface area (Å²) in [6.45, 7) is 7.28. The van der Waals surface area contributed by atoms with E-state index < -0.39 is 0 Å². The zero-order valence-corrected chi connectivity index (χ0v) is 14.9. The summed E-state index contributed by atoms with van der Waals surface area (Å²) in [6.07, 6.45) is 2.28. The van der Waals surface area contributed by atoms with E-state index in [1.54, 1.807) is 6.26 Å². The van der Waals surface area contributed by atoms with Crippen molar-refractivity contribution in [1.82, 2.24) is 4.90 Å². The van der Waals surface area contributed by atoms with Gasteiger partial charge in [-0.25, -0.2) is 0 Å². The minimum absolute atomic E-state index is 0.254. The SMILES string of the molecule is CC(C)CC(=O)N1CCN(c2ccc(-c3ccco3)cc2Cl)CC1. The molecule has 2 heterocycles. The van der Waals surface area contributed by atoms with E-state index >= 15 is 0 Å². The van der Waals surface area contributed by atoms with Gasteiger partial charge in [-0.05, 0) is 36.2 Å². The zero-order chi connectivity index (χ0) is 17.1. The Hall–Kier alpha value is -1.94.